The molecule has 1 nitrogen and oxygen atoms in total. The zero-order chi connectivity index (χ0) is 47.0. The van der Waals surface area contributed by atoms with Gasteiger partial charge < -0.3 is 4.90 Å². The fraction of sp³-hybridized carbons (Fsp3) is 0.182. The van der Waals surface area contributed by atoms with Crippen molar-refractivity contribution < 1.29 is 0 Å². The quantitative estimate of drug-likeness (QED) is 0.151. The van der Waals surface area contributed by atoms with E-state index in [0.717, 1.165) is 0 Å². The molecule has 4 heterocycles. The van der Waals surface area contributed by atoms with Crippen molar-refractivity contribution in [3.05, 3.63) is 233 Å². The molecule has 9 aromatic carbocycles. The summed E-state index contributed by atoms with van der Waals surface area (Å²) in [5.74, 6) is 0. The molecule has 9 aromatic rings. The van der Waals surface area contributed by atoms with Gasteiger partial charge in [-0.05, 0) is 134 Å². The van der Waals surface area contributed by atoms with Gasteiger partial charge in [0.1, 0.15) is 0 Å². The molecule has 0 unspecified atom stereocenters. The van der Waals surface area contributed by atoms with Crippen LogP contribution in [0.2, 0.25) is 0 Å². The van der Waals surface area contributed by atoms with Crippen LogP contribution in [0.15, 0.2) is 198 Å². The lowest BCUT2D eigenvalue weighted by molar-refractivity contribution is 0.579. The van der Waals surface area contributed by atoms with Crippen LogP contribution >= 0.6 is 11.8 Å². The maximum absolute atomic E-state index is 2.74. The molecule has 0 amide bonds. The van der Waals surface area contributed by atoms with Gasteiger partial charge in [0.2, 0.25) is 0 Å². The lowest BCUT2D eigenvalue weighted by Crippen LogP contribution is -2.70. The van der Waals surface area contributed by atoms with Gasteiger partial charge in [-0.25, -0.2) is 0 Å². The van der Waals surface area contributed by atoms with E-state index in [1.165, 1.54) is 125 Å². The summed E-state index contributed by atoms with van der Waals surface area (Å²) >= 11 is 1.95. The van der Waals surface area contributed by atoms with Crippen molar-refractivity contribution >= 4 is 57.6 Å². The molecule has 14 rings (SSSR count). The van der Waals surface area contributed by atoms with Crippen molar-refractivity contribution in [3.8, 4) is 33.4 Å². The van der Waals surface area contributed by atoms with Gasteiger partial charge >= 0.3 is 0 Å². The van der Waals surface area contributed by atoms with Gasteiger partial charge in [0, 0.05) is 26.5 Å². The fourth-order valence-electron chi connectivity index (χ4n) is 13.7. The Balaban J connectivity index is 1.14. The molecule has 1 aliphatic carbocycles. The summed E-state index contributed by atoms with van der Waals surface area (Å²) in [5, 5.41) is 5.99. The van der Waals surface area contributed by atoms with E-state index < -0.39 is 13.5 Å². The predicted octanol–water partition coefficient (Wildman–Crippen LogP) is 14.6. The first-order valence-electron chi connectivity index (χ1n) is 24.8. The highest BCUT2D eigenvalue weighted by Crippen LogP contribution is 2.67. The van der Waals surface area contributed by atoms with Crippen LogP contribution in [0.5, 0.6) is 0 Å². The third-order valence-corrected chi connectivity index (χ3v) is 23.0. The number of nitrogens with zero attached hydrogens (tertiary/aromatic N) is 1. The zero-order valence-corrected chi connectivity index (χ0v) is 42.6. The highest BCUT2D eigenvalue weighted by Gasteiger charge is 2.56. The molecule has 5 aliphatic rings. The Morgan fingerprint density at radius 1 is 0.406 bits per heavy atom. The lowest BCUT2D eigenvalue weighted by atomic mass is 9.60. The summed E-state index contributed by atoms with van der Waals surface area (Å²) in [7, 11) is -2.74. The van der Waals surface area contributed by atoms with E-state index >= 15 is 0 Å². The SMILES string of the molecule is CC(C)(C)c1ccc2c(c1)C1(c3cc(C(C)(C)C)ccc3S2)c2ccccc2N(c2ccc3c(c2)[Si]2(c4ccccc4-c4ccccc42)c2ccccc2-3)c2c1ccc1c2-c2ccccc2C1(C)C. The first-order chi connectivity index (χ1) is 33.2. The van der Waals surface area contributed by atoms with Gasteiger partial charge in [0.15, 0.2) is 8.07 Å². The van der Waals surface area contributed by atoms with Gasteiger partial charge in [0.05, 0.1) is 16.8 Å². The normalized spacial score (nSPS) is 16.4. The highest BCUT2D eigenvalue weighted by molar-refractivity contribution is 7.99. The van der Waals surface area contributed by atoms with Gasteiger partial charge in [-0.15, -0.1) is 0 Å². The van der Waals surface area contributed by atoms with E-state index in [4.69, 9.17) is 0 Å². The van der Waals surface area contributed by atoms with E-state index in [1.807, 2.05) is 11.8 Å². The molecule has 0 bridgehead atoms. The number of hydrogen-bond donors (Lipinski definition) is 0. The summed E-state index contributed by atoms with van der Waals surface area (Å²) in [5.41, 5.74) is 22.0. The van der Waals surface area contributed by atoms with Crippen molar-refractivity contribution in [1.82, 2.24) is 0 Å². The van der Waals surface area contributed by atoms with Crippen molar-refractivity contribution in [2.75, 3.05) is 4.90 Å². The highest BCUT2D eigenvalue weighted by atomic mass is 32.2. The second-order valence-corrected chi connectivity index (χ2v) is 27.5. The Morgan fingerprint density at radius 3 is 1.45 bits per heavy atom. The van der Waals surface area contributed by atoms with Crippen LogP contribution in [0.25, 0.3) is 33.4 Å². The Morgan fingerprint density at radius 2 is 0.884 bits per heavy atom. The number of rotatable bonds is 1. The molecule has 334 valence electrons. The third-order valence-electron chi connectivity index (χ3n) is 16.9. The minimum absolute atomic E-state index is 0.0440. The number of para-hydroxylation sites is 1. The van der Waals surface area contributed by atoms with Crippen LogP contribution in [-0.2, 0) is 21.7 Å². The number of anilines is 3. The average molecular weight is 922 g/mol. The Bertz CT molecular complexity index is 3600. The predicted molar refractivity (Wildman–Crippen MR) is 294 cm³/mol. The molecule has 0 fully saturated rings. The number of fused-ring (bicyclic) bond motifs is 22. The molecule has 4 aliphatic heterocycles. The summed E-state index contributed by atoms with van der Waals surface area (Å²) in [6, 6.07) is 74.2. The van der Waals surface area contributed by atoms with Crippen LogP contribution in [0.1, 0.15) is 99.9 Å². The van der Waals surface area contributed by atoms with Crippen LogP contribution in [0, 0.1) is 0 Å². The largest absolute Gasteiger partial charge is 0.309 e. The first kappa shape index (κ1) is 41.3. The molecular weight excluding hydrogens is 867 g/mol. The minimum Gasteiger partial charge on any atom is -0.309 e. The number of hydrogen-bond acceptors (Lipinski definition) is 2. The maximum atomic E-state index is 2.72. The second-order valence-electron chi connectivity index (χ2n) is 22.8. The molecule has 0 saturated carbocycles. The zero-order valence-electron chi connectivity index (χ0n) is 40.8. The van der Waals surface area contributed by atoms with Crippen LogP contribution in [-0.4, -0.2) is 8.07 Å². The van der Waals surface area contributed by atoms with Crippen molar-refractivity contribution in [2.24, 2.45) is 0 Å². The molecule has 0 radical (unpaired) electrons. The molecular formula is C66H55NSSi. The van der Waals surface area contributed by atoms with E-state index in [-0.39, 0.29) is 16.2 Å². The molecule has 0 atom stereocenters. The van der Waals surface area contributed by atoms with Crippen molar-refractivity contribution in [1.29, 1.82) is 0 Å². The monoisotopic (exact) mass is 921 g/mol. The van der Waals surface area contributed by atoms with E-state index in [0.29, 0.717) is 0 Å². The van der Waals surface area contributed by atoms with Crippen molar-refractivity contribution in [3.63, 3.8) is 0 Å². The van der Waals surface area contributed by atoms with Gasteiger partial charge in [-0.2, -0.15) is 0 Å². The first-order valence-corrected chi connectivity index (χ1v) is 27.7. The smallest absolute Gasteiger partial charge is 0.182 e. The lowest BCUT2D eigenvalue weighted by Gasteiger charge is -2.50. The maximum Gasteiger partial charge on any atom is 0.182 e. The summed E-state index contributed by atoms with van der Waals surface area (Å²) in [4.78, 5) is 5.38. The van der Waals surface area contributed by atoms with Gasteiger partial charge in [-0.1, -0.05) is 225 Å². The molecule has 0 aromatic heterocycles. The van der Waals surface area contributed by atoms with Gasteiger partial charge in [-0.3, -0.25) is 0 Å². The summed E-state index contributed by atoms with van der Waals surface area (Å²) in [6.07, 6.45) is 0. The van der Waals surface area contributed by atoms with Crippen LogP contribution in [0.4, 0.5) is 17.1 Å². The second kappa shape index (κ2) is 13.8. The van der Waals surface area contributed by atoms with Crippen molar-refractivity contribution in [2.45, 2.75) is 86.8 Å². The molecule has 69 heavy (non-hydrogen) atoms. The van der Waals surface area contributed by atoms with Gasteiger partial charge in [0.25, 0.3) is 0 Å². The topological polar surface area (TPSA) is 3.24 Å². The Kier molecular flexibility index (Phi) is 8.25. The molecule has 0 saturated heterocycles. The van der Waals surface area contributed by atoms with E-state index in [9.17, 15) is 0 Å². The molecule has 3 heteroatoms. The van der Waals surface area contributed by atoms with Crippen LogP contribution < -0.4 is 25.6 Å². The minimum atomic E-state index is -2.74. The van der Waals surface area contributed by atoms with E-state index in [2.05, 4.69) is 248 Å². The third kappa shape index (κ3) is 5.17. The van der Waals surface area contributed by atoms with E-state index in [1.54, 1.807) is 0 Å². The van der Waals surface area contributed by atoms with Crippen LogP contribution in [0.3, 0.4) is 0 Å². The Labute approximate surface area is 413 Å². The molecule has 0 N–H and O–H groups in total. The Hall–Kier alpha value is -6.65. The number of benzene rings is 9. The fourth-order valence-corrected chi connectivity index (χ4v) is 20.4. The summed E-state index contributed by atoms with van der Waals surface area (Å²) < 4.78 is 0. The average Bonchev–Trinajstić information content (AvgIpc) is 3.91. The summed E-state index contributed by atoms with van der Waals surface area (Å²) in [6.45, 7) is 19.1. The standard InChI is InChI=1S/C66H55NSSi/c1-63(2,3)40-29-35-55-52(37-40)66(53-38-41(64(4,5)6)30-36-56(53)68-55)49-24-14-15-25-54(49)67(62-51(66)34-33-50-61(62)47-22-9-13-23-48(47)65(50,7)8)42-31-32-46-45-21-12-18-28-59(45)69(60(46)39-42)57-26-16-10-19-43(57)44-20-11-17-27-58(44)69/h9-39H,1-8H3. The molecule has 2 spiro atoms.